The number of rotatable bonds is 29. The van der Waals surface area contributed by atoms with Gasteiger partial charge in [-0.2, -0.15) is 0 Å². The molecule has 130 heavy (non-hydrogen) atoms. The fourth-order valence-electron chi connectivity index (χ4n) is 13.3. The molecule has 26 nitrogen and oxygen atoms in total. The van der Waals surface area contributed by atoms with Crippen LogP contribution in [0.25, 0.3) is 11.1 Å². The van der Waals surface area contributed by atoms with Crippen molar-refractivity contribution in [1.29, 1.82) is 0 Å². The molecule has 0 N–H and O–H groups in total. The van der Waals surface area contributed by atoms with Crippen molar-refractivity contribution in [3.63, 3.8) is 0 Å². The topological polar surface area (TPSA) is 360 Å². The molecule has 0 saturated carbocycles. The van der Waals surface area contributed by atoms with Crippen molar-refractivity contribution in [3.8, 4) is 11.1 Å². The van der Waals surface area contributed by atoms with E-state index in [9.17, 15) is 73.5 Å². The molecule has 13 aromatic carbocycles. The van der Waals surface area contributed by atoms with Crippen LogP contribution in [0.4, 0.5) is 22.7 Å². The first kappa shape index (κ1) is 93.5. The average molecular weight is 1790 g/mol. The third-order valence-electron chi connectivity index (χ3n) is 20.0. The van der Waals surface area contributed by atoms with Gasteiger partial charge in [0.2, 0.25) is 17.3 Å². The summed E-state index contributed by atoms with van der Waals surface area (Å²) in [6, 6.07) is 87.0. The fourth-order valence-corrected chi connectivity index (χ4v) is 15.8. The molecule has 1 saturated heterocycles. The molecular weight excluding hydrogens is 1710 g/mol. The van der Waals surface area contributed by atoms with Crippen LogP contribution in [0.5, 0.6) is 0 Å². The molecule has 0 spiro atoms. The molecule has 0 radical (unpaired) electrons. The Hall–Kier alpha value is -15.7. The number of morpholine rings is 1. The molecule has 13 aromatic rings. The second-order valence-electron chi connectivity index (χ2n) is 29.2. The van der Waals surface area contributed by atoms with Gasteiger partial charge in [-0.3, -0.25) is 59.1 Å². The Balaban J connectivity index is 0.000000177. The van der Waals surface area contributed by atoms with E-state index in [-0.39, 0.29) is 51.5 Å². The van der Waals surface area contributed by atoms with Gasteiger partial charge in [-0.1, -0.05) is 130 Å². The SMILES string of the molecule is CC(=O)O/N=C(/C(=O)c1ccc(Sc2ccc(C(=O)c3ccc(-c4ccccc4)cc3)cc2)cc1)c1ccc([N+](=O)[O-])cc1C.CC(=O)O/N=C(/C(=O)c1ccc(Sc2ccc(C(=O)c3ccc(N4CCOCC4)cc3)cc2)cc1)c1ccc([N+](=O)[O-])cc1C.CC(=O)O/N=C(/C(=O)c1ccc(Sc2ccc(C(=O)c3ccccc3C)cc2)cc1)c1ccc([N+](=O)[O-])cc1C. The smallest absolute Gasteiger partial charge is 0.332 e. The molecule has 0 aliphatic carbocycles. The molecule has 1 aliphatic rings. The van der Waals surface area contributed by atoms with Gasteiger partial charge in [-0.05, 0) is 249 Å². The number of nitrogens with zero attached hydrogens (tertiary/aromatic N) is 7. The lowest BCUT2D eigenvalue weighted by molar-refractivity contribution is -0.385. The van der Waals surface area contributed by atoms with E-state index >= 15 is 0 Å². The summed E-state index contributed by atoms with van der Waals surface area (Å²) < 4.78 is 5.41. The van der Waals surface area contributed by atoms with Gasteiger partial charge in [0.25, 0.3) is 17.1 Å². The number of ketones is 6. The fraction of sp³-hybridized carbons (Fsp3) is 0.109. The average Bonchev–Trinajstić information content (AvgIpc) is 0.813. The second kappa shape index (κ2) is 44.0. The van der Waals surface area contributed by atoms with Crippen LogP contribution in [0.15, 0.2) is 348 Å². The Kier molecular flexibility index (Phi) is 31.6. The summed E-state index contributed by atoms with van der Waals surface area (Å²) in [5.41, 5.74) is 10.1. The van der Waals surface area contributed by atoms with Gasteiger partial charge >= 0.3 is 17.9 Å². The van der Waals surface area contributed by atoms with Crippen molar-refractivity contribution in [2.45, 2.75) is 77.8 Å². The molecule has 0 unspecified atom stereocenters. The predicted molar refractivity (Wildman–Crippen MR) is 495 cm³/mol. The standard InChI is InChI=1S/C36H26N2O6S.C34H29N3O7S.C31H24N2O6S/c1-23-22-30(38(42)43)16-21-33(23)34(37-44-24(2)39)36(41)29-14-19-32(20-15-29)45-31-17-12-28(13-18-31)35(40)27-10-8-26(9-11-27)25-6-4-3-5-7-25;1-22-21-28(37(41)42)11-16-31(22)32(35-44-23(2)38)34(40)26-7-14-30(15-8-26)45-29-12-5-25(6-13-29)33(39)24-3-9-27(10-4-24)36-17-19-43-20-18-36;1-19-6-4-5-7-28(19)30(35)22-8-13-25(14-9-22)40-26-15-10-23(11-16-26)31(36)29(32-39-21(3)34)27-17-12-24(33(37)38)18-20(27)2/h3-22H,1-2H3;3-16,21H,17-20H2,1-2H3;4-18H,1-3H3/b37-34+;35-32+;32-29+. The summed E-state index contributed by atoms with van der Waals surface area (Å²) in [6.45, 7) is 13.3. The van der Waals surface area contributed by atoms with Crippen LogP contribution >= 0.6 is 35.3 Å². The van der Waals surface area contributed by atoms with Crippen LogP contribution in [0.3, 0.4) is 0 Å². The van der Waals surface area contributed by atoms with Gasteiger partial charge in [0.05, 0.1) is 28.0 Å². The number of nitro groups is 3. The van der Waals surface area contributed by atoms with Crippen LogP contribution in [0, 0.1) is 58.0 Å². The largest absolute Gasteiger partial charge is 0.378 e. The molecule has 14 rings (SSSR count). The number of carbonyl (C=O) groups excluding carboxylic acids is 9. The molecule has 0 amide bonds. The first-order valence-electron chi connectivity index (χ1n) is 40.1. The van der Waals surface area contributed by atoms with Crippen LogP contribution in [0.2, 0.25) is 0 Å². The molecule has 1 fully saturated rings. The summed E-state index contributed by atoms with van der Waals surface area (Å²) >= 11 is 4.40. The number of anilines is 1. The number of nitro benzene ring substituents is 3. The van der Waals surface area contributed by atoms with Gasteiger partial charge in [0, 0.05) is 172 Å². The normalized spacial score (nSPS) is 11.9. The third-order valence-corrected chi connectivity index (χ3v) is 23.1. The number of carbonyl (C=O) groups is 9. The summed E-state index contributed by atoms with van der Waals surface area (Å²) in [5, 5.41) is 44.7. The number of ether oxygens (including phenoxy) is 1. The zero-order valence-corrected chi connectivity index (χ0v) is 73.3. The van der Waals surface area contributed by atoms with Crippen LogP contribution < -0.4 is 4.90 Å². The van der Waals surface area contributed by atoms with E-state index in [2.05, 4.69) is 20.4 Å². The number of hydrogen-bond acceptors (Lipinski definition) is 26. The maximum absolute atomic E-state index is 13.4. The summed E-state index contributed by atoms with van der Waals surface area (Å²) in [4.78, 5) is 167. The minimum atomic E-state index is -0.708. The minimum absolute atomic E-state index is 0.0352. The maximum atomic E-state index is 13.4. The number of non-ortho nitro benzene ring substituents is 3. The molecule has 0 bridgehead atoms. The molecule has 1 heterocycles. The Labute approximate surface area is 758 Å². The van der Waals surface area contributed by atoms with Gasteiger partial charge in [0.1, 0.15) is 0 Å². The Morgan fingerprint density at radius 3 is 0.869 bits per heavy atom. The van der Waals surface area contributed by atoms with E-state index in [1.54, 1.807) is 130 Å². The molecule has 0 atom stereocenters. The highest BCUT2D eigenvalue weighted by molar-refractivity contribution is 7.99. The van der Waals surface area contributed by atoms with E-state index in [0.29, 0.717) is 96.7 Å². The van der Waals surface area contributed by atoms with E-state index < -0.39 is 50.0 Å². The van der Waals surface area contributed by atoms with E-state index in [1.165, 1.54) is 89.9 Å². The van der Waals surface area contributed by atoms with Crippen LogP contribution in [0.1, 0.15) is 139 Å². The summed E-state index contributed by atoms with van der Waals surface area (Å²) in [5.74, 6) is -3.80. The van der Waals surface area contributed by atoms with Crippen molar-refractivity contribution >= 4 is 128 Å². The zero-order valence-electron chi connectivity index (χ0n) is 70.8. The van der Waals surface area contributed by atoms with Gasteiger partial charge in [0.15, 0.2) is 34.5 Å². The Morgan fingerprint density at radius 2 is 0.577 bits per heavy atom. The summed E-state index contributed by atoms with van der Waals surface area (Å²) in [7, 11) is 0. The van der Waals surface area contributed by atoms with Crippen molar-refractivity contribution in [2.75, 3.05) is 31.2 Å². The molecule has 29 heteroatoms. The van der Waals surface area contributed by atoms with Crippen molar-refractivity contribution in [3.05, 3.63) is 423 Å². The van der Waals surface area contributed by atoms with Gasteiger partial charge in [-0.25, -0.2) is 14.4 Å². The number of aryl methyl sites for hydroxylation is 4. The second-order valence-corrected chi connectivity index (χ2v) is 32.6. The molecule has 0 aromatic heterocycles. The maximum Gasteiger partial charge on any atom is 0.332 e. The van der Waals surface area contributed by atoms with E-state index in [0.717, 1.165) is 85.6 Å². The molecular formula is C101H79N7O19S3. The van der Waals surface area contributed by atoms with E-state index in [1.807, 2.05) is 146 Å². The van der Waals surface area contributed by atoms with Crippen molar-refractivity contribution < 1.29 is 77.2 Å². The third kappa shape index (κ3) is 24.7. The lowest BCUT2D eigenvalue weighted by Crippen LogP contribution is -2.36. The molecule has 650 valence electrons. The van der Waals surface area contributed by atoms with Crippen molar-refractivity contribution in [1.82, 2.24) is 0 Å². The highest BCUT2D eigenvalue weighted by Gasteiger charge is 2.27. The highest BCUT2D eigenvalue weighted by Crippen LogP contribution is 2.35. The predicted octanol–water partition coefficient (Wildman–Crippen LogP) is 21.1. The van der Waals surface area contributed by atoms with Crippen LogP contribution in [-0.2, 0) is 33.6 Å². The number of oxime groups is 3. The highest BCUT2D eigenvalue weighted by atomic mass is 32.2. The van der Waals surface area contributed by atoms with E-state index in [4.69, 9.17) is 19.2 Å². The number of benzene rings is 13. The Morgan fingerprint density at radius 1 is 0.308 bits per heavy atom. The lowest BCUT2D eigenvalue weighted by atomic mass is 9.97. The monoisotopic (exact) mass is 1790 g/mol. The number of hydrogen-bond donors (Lipinski definition) is 0. The zero-order chi connectivity index (χ0) is 92.7. The van der Waals surface area contributed by atoms with Gasteiger partial charge < -0.3 is 24.1 Å². The molecule has 1 aliphatic heterocycles. The van der Waals surface area contributed by atoms with Crippen molar-refractivity contribution in [2.24, 2.45) is 15.5 Å². The number of Topliss-reactive ketones (excluding diaryl/α,β-unsaturated/α-hetero) is 3. The summed E-state index contributed by atoms with van der Waals surface area (Å²) in [6.07, 6.45) is 0. The van der Waals surface area contributed by atoms with Crippen LogP contribution in [-0.4, -0.2) is 111 Å². The quantitative estimate of drug-likeness (QED) is 0.0138. The Bertz CT molecular complexity index is 6590. The first-order chi connectivity index (χ1) is 62.5. The lowest BCUT2D eigenvalue weighted by Gasteiger charge is -2.28. The first-order valence-corrected chi connectivity index (χ1v) is 42.6. The minimum Gasteiger partial charge on any atom is -0.378 e. The van der Waals surface area contributed by atoms with Gasteiger partial charge in [-0.15, -0.1) is 0 Å².